The van der Waals surface area contributed by atoms with Gasteiger partial charge in [0, 0.05) is 5.69 Å². The first-order chi connectivity index (χ1) is 9.20. The van der Waals surface area contributed by atoms with Gasteiger partial charge >= 0.3 is 0 Å². The van der Waals surface area contributed by atoms with Gasteiger partial charge in [-0.2, -0.15) is 0 Å². The molecule has 0 fully saturated rings. The predicted octanol–water partition coefficient (Wildman–Crippen LogP) is 4.56. The van der Waals surface area contributed by atoms with Crippen molar-refractivity contribution in [1.82, 2.24) is 9.55 Å². The first-order valence-corrected chi connectivity index (χ1v) is 6.91. The summed E-state index contributed by atoms with van der Waals surface area (Å²) in [7, 11) is 0. The first kappa shape index (κ1) is 12.2. The van der Waals surface area contributed by atoms with Crippen LogP contribution in [0.5, 0.6) is 0 Å². The molecule has 0 aliphatic rings. The molecule has 0 atom stereocenters. The highest BCUT2D eigenvalue weighted by molar-refractivity contribution is 7.71. The van der Waals surface area contributed by atoms with Crippen molar-refractivity contribution in [3.8, 4) is 5.69 Å². The van der Waals surface area contributed by atoms with Gasteiger partial charge in [-0.3, -0.25) is 4.57 Å². The summed E-state index contributed by atoms with van der Waals surface area (Å²) in [5.74, 6) is 0. The number of benzene rings is 2. The standard InChI is InChI=1S/C16H16N2S/c1-3-12-7-9-13(10-8-12)18-14-6-4-5-11(2)15(14)17-16(18)19/h4-10H,3H2,1-2H3,(H,17,19). The molecular formula is C16H16N2S. The molecule has 3 aromatic rings. The lowest BCUT2D eigenvalue weighted by Gasteiger charge is -2.06. The van der Waals surface area contributed by atoms with Crippen LogP contribution in [0, 0.1) is 11.7 Å². The zero-order chi connectivity index (χ0) is 13.4. The molecule has 1 aromatic heterocycles. The van der Waals surface area contributed by atoms with Crippen LogP contribution in [-0.4, -0.2) is 9.55 Å². The van der Waals surface area contributed by atoms with E-state index in [1.165, 1.54) is 11.1 Å². The molecular weight excluding hydrogens is 252 g/mol. The summed E-state index contributed by atoms with van der Waals surface area (Å²) in [6.45, 7) is 4.26. The summed E-state index contributed by atoms with van der Waals surface area (Å²) >= 11 is 5.46. The minimum absolute atomic E-state index is 0.744. The Morgan fingerprint density at radius 1 is 1.11 bits per heavy atom. The van der Waals surface area contributed by atoms with Gasteiger partial charge in [-0.1, -0.05) is 31.2 Å². The van der Waals surface area contributed by atoms with Crippen LogP contribution < -0.4 is 0 Å². The number of rotatable bonds is 2. The molecule has 3 heteroatoms. The van der Waals surface area contributed by atoms with E-state index in [0.717, 1.165) is 27.9 Å². The van der Waals surface area contributed by atoms with Crippen LogP contribution in [-0.2, 0) is 6.42 Å². The lowest BCUT2D eigenvalue weighted by molar-refractivity contribution is 1.05. The zero-order valence-electron chi connectivity index (χ0n) is 11.1. The number of para-hydroxylation sites is 1. The van der Waals surface area contributed by atoms with Crippen molar-refractivity contribution in [3.05, 3.63) is 58.4 Å². The second-order valence-corrected chi connectivity index (χ2v) is 5.14. The summed E-state index contributed by atoms with van der Waals surface area (Å²) in [6.07, 6.45) is 1.05. The quantitative estimate of drug-likeness (QED) is 0.676. The van der Waals surface area contributed by atoms with Crippen molar-refractivity contribution < 1.29 is 0 Å². The van der Waals surface area contributed by atoms with Crippen molar-refractivity contribution in [1.29, 1.82) is 0 Å². The Hall–Kier alpha value is -1.87. The summed E-state index contributed by atoms with van der Waals surface area (Å²) in [4.78, 5) is 3.30. The third-order valence-electron chi connectivity index (χ3n) is 3.53. The summed E-state index contributed by atoms with van der Waals surface area (Å²) < 4.78 is 2.84. The van der Waals surface area contributed by atoms with E-state index in [2.05, 4.69) is 65.9 Å². The molecule has 0 radical (unpaired) electrons. The van der Waals surface area contributed by atoms with Crippen molar-refractivity contribution in [3.63, 3.8) is 0 Å². The van der Waals surface area contributed by atoms with Crippen LogP contribution >= 0.6 is 12.2 Å². The summed E-state index contributed by atoms with van der Waals surface area (Å²) in [5.41, 5.74) is 5.92. The molecule has 0 aliphatic heterocycles. The smallest absolute Gasteiger partial charge is 0.182 e. The fourth-order valence-corrected chi connectivity index (χ4v) is 2.72. The topological polar surface area (TPSA) is 20.7 Å². The number of fused-ring (bicyclic) bond motifs is 1. The summed E-state index contributed by atoms with van der Waals surface area (Å²) in [6, 6.07) is 14.8. The Balaban J connectivity index is 2.27. The number of nitrogens with one attached hydrogen (secondary N) is 1. The lowest BCUT2D eigenvalue weighted by Crippen LogP contribution is -1.94. The number of H-pyrrole nitrogens is 1. The Kier molecular flexibility index (Phi) is 2.99. The third kappa shape index (κ3) is 2.00. The van der Waals surface area contributed by atoms with Crippen LogP contribution in [0.25, 0.3) is 16.7 Å². The zero-order valence-corrected chi connectivity index (χ0v) is 11.9. The van der Waals surface area contributed by atoms with Crippen LogP contribution in [0.15, 0.2) is 42.5 Å². The van der Waals surface area contributed by atoms with Gasteiger partial charge in [-0.15, -0.1) is 0 Å². The second-order valence-electron chi connectivity index (χ2n) is 4.75. The molecule has 96 valence electrons. The Morgan fingerprint density at radius 3 is 2.53 bits per heavy atom. The minimum Gasteiger partial charge on any atom is -0.330 e. The molecule has 0 bridgehead atoms. The highest BCUT2D eigenvalue weighted by Crippen LogP contribution is 2.22. The molecule has 1 N–H and O–H groups in total. The third-order valence-corrected chi connectivity index (χ3v) is 3.81. The number of aromatic amines is 1. The van der Waals surface area contributed by atoms with E-state index >= 15 is 0 Å². The first-order valence-electron chi connectivity index (χ1n) is 6.50. The normalized spacial score (nSPS) is 11.1. The molecule has 3 rings (SSSR count). The fraction of sp³-hybridized carbons (Fsp3) is 0.188. The van der Waals surface area contributed by atoms with Gasteiger partial charge in [0.15, 0.2) is 4.77 Å². The van der Waals surface area contributed by atoms with Gasteiger partial charge < -0.3 is 4.98 Å². The maximum Gasteiger partial charge on any atom is 0.182 e. The van der Waals surface area contributed by atoms with Gasteiger partial charge in [0.05, 0.1) is 11.0 Å². The van der Waals surface area contributed by atoms with E-state index in [-0.39, 0.29) is 0 Å². The molecule has 1 heterocycles. The average molecular weight is 268 g/mol. The van der Waals surface area contributed by atoms with Gasteiger partial charge in [0.2, 0.25) is 0 Å². The van der Waals surface area contributed by atoms with E-state index in [1.54, 1.807) is 0 Å². The Bertz CT molecular complexity index is 779. The highest BCUT2D eigenvalue weighted by atomic mass is 32.1. The second kappa shape index (κ2) is 4.67. The monoisotopic (exact) mass is 268 g/mol. The number of aryl methyl sites for hydroxylation is 2. The molecule has 0 amide bonds. The maximum absolute atomic E-state index is 5.46. The molecule has 2 aromatic carbocycles. The summed E-state index contributed by atoms with van der Waals surface area (Å²) in [5, 5.41) is 0. The number of hydrogen-bond donors (Lipinski definition) is 1. The number of aromatic nitrogens is 2. The SMILES string of the molecule is CCc1ccc(-n2c(=S)[nH]c3c(C)cccc32)cc1. The number of nitrogens with zero attached hydrogens (tertiary/aromatic N) is 1. The maximum atomic E-state index is 5.46. The van der Waals surface area contributed by atoms with Gasteiger partial charge in [-0.05, 0) is 54.9 Å². The molecule has 0 saturated heterocycles. The Morgan fingerprint density at radius 2 is 1.84 bits per heavy atom. The van der Waals surface area contributed by atoms with Gasteiger partial charge in [0.25, 0.3) is 0 Å². The average Bonchev–Trinajstić information content (AvgIpc) is 2.77. The van der Waals surface area contributed by atoms with Crippen molar-refractivity contribution >= 4 is 23.3 Å². The molecule has 0 spiro atoms. The van der Waals surface area contributed by atoms with E-state index in [0.29, 0.717) is 0 Å². The largest absolute Gasteiger partial charge is 0.330 e. The van der Waals surface area contributed by atoms with Crippen molar-refractivity contribution in [2.45, 2.75) is 20.3 Å². The van der Waals surface area contributed by atoms with Crippen molar-refractivity contribution in [2.75, 3.05) is 0 Å². The molecule has 2 nitrogen and oxygen atoms in total. The van der Waals surface area contributed by atoms with E-state index in [1.807, 2.05) is 0 Å². The molecule has 19 heavy (non-hydrogen) atoms. The predicted molar refractivity (Wildman–Crippen MR) is 82.6 cm³/mol. The highest BCUT2D eigenvalue weighted by Gasteiger charge is 2.07. The molecule has 0 unspecified atom stereocenters. The number of hydrogen-bond acceptors (Lipinski definition) is 1. The lowest BCUT2D eigenvalue weighted by atomic mass is 10.1. The number of imidazole rings is 1. The fourth-order valence-electron chi connectivity index (χ4n) is 2.41. The van der Waals surface area contributed by atoms with Crippen LogP contribution in [0.1, 0.15) is 18.1 Å². The minimum atomic E-state index is 0.744. The van der Waals surface area contributed by atoms with Gasteiger partial charge in [0.1, 0.15) is 0 Å². The van der Waals surface area contributed by atoms with Crippen molar-refractivity contribution in [2.24, 2.45) is 0 Å². The molecule has 0 aliphatic carbocycles. The Labute approximate surface area is 117 Å². The van der Waals surface area contributed by atoms with Crippen LogP contribution in [0.4, 0.5) is 0 Å². The van der Waals surface area contributed by atoms with Gasteiger partial charge in [-0.25, -0.2) is 0 Å². The van der Waals surface area contributed by atoms with E-state index < -0.39 is 0 Å². The molecule has 0 saturated carbocycles. The van der Waals surface area contributed by atoms with E-state index in [9.17, 15) is 0 Å². The van der Waals surface area contributed by atoms with Crippen LogP contribution in [0.2, 0.25) is 0 Å². The van der Waals surface area contributed by atoms with Crippen LogP contribution in [0.3, 0.4) is 0 Å². The van der Waals surface area contributed by atoms with E-state index in [4.69, 9.17) is 12.2 Å².